The topological polar surface area (TPSA) is 91.3 Å². The third-order valence-corrected chi connectivity index (χ3v) is 2.78. The Kier molecular flexibility index (Phi) is 3.42. The van der Waals surface area contributed by atoms with E-state index in [1.165, 1.54) is 12.1 Å². The van der Waals surface area contributed by atoms with Gasteiger partial charge in [-0.3, -0.25) is 10.1 Å². The fraction of sp³-hybridized carbons (Fsp3) is 0. The lowest BCUT2D eigenvalue weighted by Crippen LogP contribution is -1.99. The molecule has 18 heavy (non-hydrogen) atoms. The molecule has 0 saturated heterocycles. The van der Waals surface area contributed by atoms with E-state index < -0.39 is 4.92 Å². The molecule has 92 valence electrons. The fourth-order valence-corrected chi connectivity index (χ4v) is 1.67. The predicted molar refractivity (Wildman–Crippen MR) is 69.5 cm³/mol. The molecule has 0 aliphatic heterocycles. The van der Waals surface area contributed by atoms with E-state index in [0.29, 0.717) is 5.75 Å². The number of nitrogens with two attached hydrogens (primary N) is 1. The van der Waals surface area contributed by atoms with Crippen molar-refractivity contribution in [3.63, 3.8) is 0 Å². The zero-order valence-corrected chi connectivity index (χ0v) is 10.6. The first-order valence-corrected chi connectivity index (χ1v) is 5.70. The number of nitrogens with zero attached hydrogens (tertiary/aromatic N) is 2. The number of hydrogen-bond donors (Lipinski definition) is 1. The molecule has 0 amide bonds. The van der Waals surface area contributed by atoms with Crippen LogP contribution in [-0.2, 0) is 0 Å². The lowest BCUT2D eigenvalue weighted by atomic mass is 10.3. The molecule has 7 heteroatoms. The van der Waals surface area contributed by atoms with Crippen LogP contribution in [0, 0.1) is 10.1 Å². The van der Waals surface area contributed by atoms with Crippen LogP contribution in [0.15, 0.2) is 40.9 Å². The van der Waals surface area contributed by atoms with Crippen molar-refractivity contribution in [1.82, 2.24) is 4.98 Å². The molecular weight excluding hydrogens is 302 g/mol. The first kappa shape index (κ1) is 12.3. The maximum Gasteiger partial charge on any atom is 0.311 e. The second kappa shape index (κ2) is 5.01. The third-order valence-electron chi connectivity index (χ3n) is 2.12. The highest BCUT2D eigenvalue weighted by atomic mass is 79.9. The molecule has 0 spiro atoms. The number of aromatic nitrogens is 1. The molecule has 6 nitrogen and oxygen atoms in total. The van der Waals surface area contributed by atoms with Crippen LogP contribution in [0.2, 0.25) is 0 Å². The first-order valence-electron chi connectivity index (χ1n) is 4.91. The molecule has 0 saturated carbocycles. The summed E-state index contributed by atoms with van der Waals surface area (Å²) in [5.41, 5.74) is 5.23. The number of benzene rings is 1. The lowest BCUT2D eigenvalue weighted by molar-refractivity contribution is -0.384. The van der Waals surface area contributed by atoms with E-state index in [0.717, 1.165) is 4.47 Å². The van der Waals surface area contributed by atoms with Gasteiger partial charge < -0.3 is 10.5 Å². The Balaban J connectivity index is 2.29. The second-order valence-electron chi connectivity index (χ2n) is 3.34. The number of nitro groups is 1. The standard InChI is InChI=1S/C11H8BrN3O3/c12-7-3-1-2-4-9(7)18-10-6-5-8(15(16)17)11(13)14-10/h1-6H,(H2,13,14). The van der Waals surface area contributed by atoms with Gasteiger partial charge in [-0.05, 0) is 28.1 Å². The molecule has 1 heterocycles. The molecule has 2 rings (SSSR count). The van der Waals surface area contributed by atoms with E-state index in [2.05, 4.69) is 20.9 Å². The highest BCUT2D eigenvalue weighted by molar-refractivity contribution is 9.10. The summed E-state index contributed by atoms with van der Waals surface area (Å²) in [6, 6.07) is 9.85. The van der Waals surface area contributed by atoms with Crippen molar-refractivity contribution >= 4 is 27.4 Å². The molecule has 0 aliphatic carbocycles. The van der Waals surface area contributed by atoms with Crippen LogP contribution in [0.4, 0.5) is 11.5 Å². The van der Waals surface area contributed by atoms with E-state index in [4.69, 9.17) is 10.5 Å². The number of nitrogen functional groups attached to an aromatic ring is 1. The third kappa shape index (κ3) is 2.57. The summed E-state index contributed by atoms with van der Waals surface area (Å²) in [5.74, 6) is 0.577. The van der Waals surface area contributed by atoms with Crippen LogP contribution in [0.25, 0.3) is 0 Å². The van der Waals surface area contributed by atoms with Crippen LogP contribution in [0.1, 0.15) is 0 Å². The zero-order valence-electron chi connectivity index (χ0n) is 9.04. The summed E-state index contributed by atoms with van der Waals surface area (Å²) >= 11 is 3.32. The van der Waals surface area contributed by atoms with E-state index in [9.17, 15) is 10.1 Å². The van der Waals surface area contributed by atoms with E-state index >= 15 is 0 Å². The number of para-hydroxylation sites is 1. The predicted octanol–water partition coefficient (Wildman–Crippen LogP) is 3.13. The number of rotatable bonds is 3. The van der Waals surface area contributed by atoms with Gasteiger partial charge in [0.05, 0.1) is 9.40 Å². The van der Waals surface area contributed by atoms with Gasteiger partial charge in [-0.1, -0.05) is 12.1 Å². The Morgan fingerprint density at radius 3 is 2.61 bits per heavy atom. The van der Waals surface area contributed by atoms with Gasteiger partial charge in [0.25, 0.3) is 0 Å². The van der Waals surface area contributed by atoms with E-state index in [1.54, 1.807) is 12.1 Å². The van der Waals surface area contributed by atoms with E-state index in [-0.39, 0.29) is 17.4 Å². The quantitative estimate of drug-likeness (QED) is 0.694. The molecule has 2 aromatic rings. The van der Waals surface area contributed by atoms with Crippen molar-refractivity contribution in [2.45, 2.75) is 0 Å². The Morgan fingerprint density at radius 1 is 1.28 bits per heavy atom. The molecule has 2 N–H and O–H groups in total. The molecule has 0 fully saturated rings. The maximum atomic E-state index is 10.6. The lowest BCUT2D eigenvalue weighted by Gasteiger charge is -2.06. The minimum Gasteiger partial charge on any atom is -0.438 e. The minimum atomic E-state index is -0.593. The van der Waals surface area contributed by atoms with Gasteiger partial charge in [-0.15, -0.1) is 0 Å². The summed E-state index contributed by atoms with van der Waals surface area (Å²) in [7, 11) is 0. The summed E-state index contributed by atoms with van der Waals surface area (Å²) in [4.78, 5) is 13.8. The highest BCUT2D eigenvalue weighted by Crippen LogP contribution is 2.30. The smallest absolute Gasteiger partial charge is 0.311 e. The van der Waals surface area contributed by atoms with Gasteiger partial charge in [-0.2, -0.15) is 4.98 Å². The van der Waals surface area contributed by atoms with Gasteiger partial charge in [0.1, 0.15) is 5.75 Å². The summed E-state index contributed by atoms with van der Waals surface area (Å²) in [6.45, 7) is 0. The van der Waals surface area contributed by atoms with Crippen molar-refractivity contribution < 1.29 is 9.66 Å². The molecule has 0 atom stereocenters. The molecule has 0 bridgehead atoms. The Labute approximate surface area is 111 Å². The van der Waals surface area contributed by atoms with Crippen LogP contribution < -0.4 is 10.5 Å². The summed E-state index contributed by atoms with van der Waals surface area (Å²) < 4.78 is 6.22. The number of pyridine rings is 1. The van der Waals surface area contributed by atoms with Crippen molar-refractivity contribution in [3.05, 3.63) is 51.0 Å². The molecule has 0 unspecified atom stereocenters. The highest BCUT2D eigenvalue weighted by Gasteiger charge is 2.14. The van der Waals surface area contributed by atoms with E-state index in [1.807, 2.05) is 12.1 Å². The van der Waals surface area contributed by atoms with Crippen LogP contribution >= 0.6 is 15.9 Å². The van der Waals surface area contributed by atoms with Crippen molar-refractivity contribution in [1.29, 1.82) is 0 Å². The van der Waals surface area contributed by atoms with Gasteiger partial charge in [-0.25, -0.2) is 0 Å². The monoisotopic (exact) mass is 309 g/mol. The molecule has 1 aromatic heterocycles. The molecule has 1 aromatic carbocycles. The van der Waals surface area contributed by atoms with Gasteiger partial charge in [0.15, 0.2) is 0 Å². The second-order valence-corrected chi connectivity index (χ2v) is 4.20. The summed E-state index contributed by atoms with van der Waals surface area (Å²) in [6.07, 6.45) is 0. The van der Waals surface area contributed by atoms with Gasteiger partial charge in [0, 0.05) is 12.1 Å². The largest absolute Gasteiger partial charge is 0.438 e. The van der Waals surface area contributed by atoms with Gasteiger partial charge in [0.2, 0.25) is 11.7 Å². The van der Waals surface area contributed by atoms with Crippen molar-refractivity contribution in [3.8, 4) is 11.6 Å². The van der Waals surface area contributed by atoms with Crippen LogP contribution in [0.5, 0.6) is 11.6 Å². The number of halogens is 1. The number of anilines is 1. The average molecular weight is 310 g/mol. The van der Waals surface area contributed by atoms with Crippen LogP contribution in [-0.4, -0.2) is 9.91 Å². The fourth-order valence-electron chi connectivity index (χ4n) is 1.30. The normalized spacial score (nSPS) is 10.1. The van der Waals surface area contributed by atoms with Gasteiger partial charge >= 0.3 is 5.69 Å². The van der Waals surface area contributed by atoms with Crippen molar-refractivity contribution in [2.24, 2.45) is 0 Å². The Hall–Kier alpha value is -2.15. The van der Waals surface area contributed by atoms with Crippen LogP contribution in [0.3, 0.4) is 0 Å². The zero-order chi connectivity index (χ0) is 13.1. The average Bonchev–Trinajstić information content (AvgIpc) is 2.32. The number of ether oxygens (including phenoxy) is 1. The maximum absolute atomic E-state index is 10.6. The molecular formula is C11H8BrN3O3. The molecule has 0 aliphatic rings. The molecule has 0 radical (unpaired) electrons. The first-order chi connectivity index (χ1) is 8.58. The van der Waals surface area contributed by atoms with Crippen molar-refractivity contribution in [2.75, 3.05) is 5.73 Å². The Morgan fingerprint density at radius 2 is 2.00 bits per heavy atom. The minimum absolute atomic E-state index is 0.176. The number of hydrogen-bond acceptors (Lipinski definition) is 5. The SMILES string of the molecule is Nc1nc(Oc2ccccc2Br)ccc1[N+](=O)[O-]. The Bertz CT molecular complexity index is 604. The summed E-state index contributed by atoms with van der Waals surface area (Å²) in [5, 5.41) is 10.6.